The number of allylic oxidation sites excluding steroid dienone is 2. The lowest BCUT2D eigenvalue weighted by Gasteiger charge is -2.08. The first-order chi connectivity index (χ1) is 12.6. The molecular formula is C19H12Cl2OS4. The highest BCUT2D eigenvalue weighted by Crippen LogP contribution is 2.65. The summed E-state index contributed by atoms with van der Waals surface area (Å²) in [4.78, 5) is 15.5. The molecule has 2 heterocycles. The van der Waals surface area contributed by atoms with E-state index in [1.807, 2.05) is 41.3 Å². The van der Waals surface area contributed by atoms with E-state index in [0.29, 0.717) is 10.6 Å². The van der Waals surface area contributed by atoms with E-state index < -0.39 is 0 Å². The Kier molecular flexibility index (Phi) is 5.65. The predicted octanol–water partition coefficient (Wildman–Crippen LogP) is 7.56. The van der Waals surface area contributed by atoms with Gasteiger partial charge >= 0.3 is 0 Å². The average Bonchev–Trinajstić information content (AvgIpc) is 3.19. The van der Waals surface area contributed by atoms with Crippen molar-refractivity contribution in [2.45, 2.75) is 0 Å². The number of benzene rings is 2. The number of halogens is 2. The molecule has 0 N–H and O–H groups in total. The molecule has 2 aromatic rings. The Morgan fingerprint density at radius 1 is 0.962 bits per heavy atom. The number of rotatable bonds is 4. The Hall–Kier alpha value is -0.560. The van der Waals surface area contributed by atoms with Gasteiger partial charge in [0.1, 0.15) is 0 Å². The fraction of sp³-hybridized carbons (Fsp3) is 0.0526. The maximum Gasteiger partial charge on any atom is 0.195 e. The summed E-state index contributed by atoms with van der Waals surface area (Å²) in [6.07, 6.45) is 4.19. The van der Waals surface area contributed by atoms with Crippen molar-refractivity contribution < 1.29 is 4.79 Å². The minimum absolute atomic E-state index is 0.0673. The highest BCUT2D eigenvalue weighted by Gasteiger charge is 2.33. The van der Waals surface area contributed by atoms with Crippen molar-refractivity contribution in [3.05, 3.63) is 85.6 Å². The molecule has 0 aliphatic carbocycles. The molecule has 132 valence electrons. The van der Waals surface area contributed by atoms with Crippen LogP contribution in [0, 0.1) is 0 Å². The Morgan fingerprint density at radius 2 is 1.58 bits per heavy atom. The zero-order valence-electron chi connectivity index (χ0n) is 13.5. The van der Waals surface area contributed by atoms with Crippen LogP contribution >= 0.6 is 65.1 Å². The molecule has 0 radical (unpaired) electrons. The summed E-state index contributed by atoms with van der Waals surface area (Å²) in [6.45, 7) is 0. The van der Waals surface area contributed by atoms with Gasteiger partial charge in [-0.2, -0.15) is 0 Å². The molecule has 1 nitrogen and oxygen atoms in total. The van der Waals surface area contributed by atoms with Crippen LogP contribution in [0.4, 0.5) is 0 Å². The molecule has 2 aliphatic rings. The fourth-order valence-electron chi connectivity index (χ4n) is 2.58. The minimum Gasteiger partial charge on any atom is -0.289 e. The topological polar surface area (TPSA) is 17.1 Å². The SMILES string of the molecule is CSC1=C(C(=O)c2ccc(Cl)cc2)C2=S(SC(c3ccc(Cl)cc3)=C2)S1. The Labute approximate surface area is 176 Å². The van der Waals surface area contributed by atoms with Crippen LogP contribution in [0.5, 0.6) is 0 Å². The first-order valence-electron chi connectivity index (χ1n) is 7.61. The zero-order valence-corrected chi connectivity index (χ0v) is 18.3. The van der Waals surface area contributed by atoms with Crippen LogP contribution < -0.4 is 0 Å². The molecule has 0 fully saturated rings. The molecule has 0 aromatic heterocycles. The normalized spacial score (nSPS) is 19.0. The van der Waals surface area contributed by atoms with E-state index in [4.69, 9.17) is 23.2 Å². The number of ketones is 1. The molecule has 0 amide bonds. The number of carbonyl (C=O) groups is 1. The number of carbonyl (C=O) groups excluding carboxylic acids is 1. The largest absolute Gasteiger partial charge is 0.289 e. The molecule has 0 saturated heterocycles. The lowest BCUT2D eigenvalue weighted by atomic mass is 10.0. The average molecular weight is 455 g/mol. The number of Topliss-reactive ketones (excluding diaryl/α,β-unsaturated/α-hetero) is 1. The van der Waals surface area contributed by atoms with Crippen molar-refractivity contribution in [2.24, 2.45) is 0 Å². The van der Waals surface area contributed by atoms with Crippen LogP contribution in [0.2, 0.25) is 10.0 Å². The van der Waals surface area contributed by atoms with E-state index >= 15 is 0 Å². The van der Waals surface area contributed by atoms with Gasteiger partial charge in [0, 0.05) is 25.4 Å². The van der Waals surface area contributed by atoms with Gasteiger partial charge in [0.05, 0.1) is 9.81 Å². The van der Waals surface area contributed by atoms with Gasteiger partial charge in [0.2, 0.25) is 0 Å². The molecule has 0 spiro atoms. The lowest BCUT2D eigenvalue weighted by Crippen LogP contribution is -2.10. The van der Waals surface area contributed by atoms with Crippen LogP contribution in [0.1, 0.15) is 15.9 Å². The van der Waals surface area contributed by atoms with E-state index in [1.54, 1.807) is 46.8 Å². The molecule has 0 saturated carbocycles. The van der Waals surface area contributed by atoms with Crippen LogP contribution in [-0.4, -0.2) is 16.9 Å². The predicted molar refractivity (Wildman–Crippen MR) is 124 cm³/mol. The van der Waals surface area contributed by atoms with Gasteiger partial charge < -0.3 is 0 Å². The van der Waals surface area contributed by atoms with Gasteiger partial charge in [-0.3, -0.25) is 4.79 Å². The van der Waals surface area contributed by atoms with Gasteiger partial charge in [-0.05, 0) is 65.1 Å². The molecular weight excluding hydrogens is 443 g/mol. The van der Waals surface area contributed by atoms with E-state index in [1.165, 1.54) is 4.91 Å². The molecule has 1 unspecified atom stereocenters. The van der Waals surface area contributed by atoms with Gasteiger partial charge in [-0.25, -0.2) is 0 Å². The summed E-state index contributed by atoms with van der Waals surface area (Å²) in [5, 5.41) is 1.36. The maximum absolute atomic E-state index is 13.2. The summed E-state index contributed by atoms with van der Waals surface area (Å²) in [5.41, 5.74) is 2.65. The highest BCUT2D eigenvalue weighted by molar-refractivity contribution is 9.19. The molecule has 2 aromatic carbocycles. The molecule has 1 atom stereocenters. The Morgan fingerprint density at radius 3 is 2.19 bits per heavy atom. The molecule has 4 rings (SSSR count). The smallest absolute Gasteiger partial charge is 0.195 e. The van der Waals surface area contributed by atoms with Crippen molar-refractivity contribution >= 4 is 80.7 Å². The summed E-state index contributed by atoms with van der Waals surface area (Å²) in [5.74, 6) is 0.0673. The fourth-order valence-corrected chi connectivity index (χ4v) is 11.7. The lowest BCUT2D eigenvalue weighted by molar-refractivity contribution is 0.104. The van der Waals surface area contributed by atoms with Crippen LogP contribution in [0.15, 0.2) is 64.4 Å². The van der Waals surface area contributed by atoms with Crippen LogP contribution in [0.3, 0.4) is 0 Å². The van der Waals surface area contributed by atoms with Gasteiger partial charge in [-0.1, -0.05) is 54.7 Å². The second-order valence-electron chi connectivity index (χ2n) is 5.48. The first-order valence-corrected chi connectivity index (χ1v) is 13.5. The summed E-state index contributed by atoms with van der Waals surface area (Å²) in [6, 6.07) is 15.0. The van der Waals surface area contributed by atoms with Crippen LogP contribution in [0.25, 0.3) is 4.91 Å². The third-order valence-corrected chi connectivity index (χ3v) is 12.1. The third-order valence-electron chi connectivity index (χ3n) is 3.86. The first kappa shape index (κ1) is 18.8. The summed E-state index contributed by atoms with van der Waals surface area (Å²) >= 11 is 13.6. The second-order valence-corrected chi connectivity index (χ2v) is 13.2. The highest BCUT2D eigenvalue weighted by atomic mass is 35.5. The molecule has 0 bridgehead atoms. The Balaban J connectivity index is 1.70. The third kappa shape index (κ3) is 3.58. The standard InChI is InChI=1S/C19H12Cl2OS4/c1-23-19-17(18(22)12-4-8-14(21)9-5-12)16-10-15(24-26(16)25-19)11-2-6-13(20)7-3-11/h2-10H,1H3. The van der Waals surface area contributed by atoms with E-state index in [0.717, 1.165) is 25.3 Å². The molecule has 2 aliphatic heterocycles. The molecule has 26 heavy (non-hydrogen) atoms. The second kappa shape index (κ2) is 7.82. The van der Waals surface area contributed by atoms with Gasteiger partial charge in [-0.15, -0.1) is 11.8 Å². The van der Waals surface area contributed by atoms with E-state index in [9.17, 15) is 4.79 Å². The zero-order chi connectivity index (χ0) is 18.3. The van der Waals surface area contributed by atoms with Crippen molar-refractivity contribution in [2.75, 3.05) is 6.26 Å². The van der Waals surface area contributed by atoms with Gasteiger partial charge in [0.15, 0.2) is 5.78 Å². The monoisotopic (exact) mass is 454 g/mol. The Bertz CT molecular complexity index is 989. The van der Waals surface area contributed by atoms with E-state index in [-0.39, 0.29) is 14.3 Å². The van der Waals surface area contributed by atoms with Crippen molar-refractivity contribution in [3.63, 3.8) is 0 Å². The minimum atomic E-state index is -0.0800. The van der Waals surface area contributed by atoms with Crippen molar-refractivity contribution in [3.8, 4) is 0 Å². The van der Waals surface area contributed by atoms with Crippen LogP contribution in [-0.2, 0) is 0 Å². The van der Waals surface area contributed by atoms with Gasteiger partial charge in [0.25, 0.3) is 0 Å². The summed E-state index contributed by atoms with van der Waals surface area (Å²) in [7, 11) is 3.53. The summed E-state index contributed by atoms with van der Waals surface area (Å²) < 4.78 is 1.10. The van der Waals surface area contributed by atoms with Crippen molar-refractivity contribution in [1.29, 1.82) is 0 Å². The quantitative estimate of drug-likeness (QED) is 0.269. The number of hydrogen-bond acceptors (Lipinski definition) is 4. The number of thioether (sulfide) groups is 1. The maximum atomic E-state index is 13.2. The van der Waals surface area contributed by atoms with E-state index in [2.05, 4.69) is 6.08 Å². The van der Waals surface area contributed by atoms with Crippen molar-refractivity contribution in [1.82, 2.24) is 0 Å². The molecule has 7 heteroatoms. The number of hydrogen-bond donors (Lipinski definition) is 0.